The van der Waals surface area contributed by atoms with E-state index in [9.17, 15) is 4.79 Å². The molecule has 0 saturated carbocycles. The van der Waals surface area contributed by atoms with E-state index >= 15 is 0 Å². The van der Waals surface area contributed by atoms with Gasteiger partial charge in [-0.05, 0) is 68.8 Å². The van der Waals surface area contributed by atoms with E-state index < -0.39 is 0 Å². The number of likely N-dealkylation sites (tertiary alicyclic amines) is 1. The van der Waals surface area contributed by atoms with Crippen LogP contribution < -0.4 is 14.8 Å². The van der Waals surface area contributed by atoms with Crippen molar-refractivity contribution in [3.8, 4) is 11.5 Å². The van der Waals surface area contributed by atoms with Crippen LogP contribution in [0.3, 0.4) is 0 Å². The molecule has 2 aromatic rings. The zero-order chi connectivity index (χ0) is 20.8. The molecule has 1 heterocycles. The zero-order valence-electron chi connectivity index (χ0n) is 17.3. The smallest absolute Gasteiger partial charge is 0.223 e. The first-order valence-electron chi connectivity index (χ1n) is 9.99. The maximum Gasteiger partial charge on any atom is 0.223 e. The average molecular weight is 461 g/mol. The van der Waals surface area contributed by atoms with E-state index in [1.165, 1.54) is 5.56 Å². The van der Waals surface area contributed by atoms with Gasteiger partial charge in [0, 0.05) is 22.5 Å². The number of piperidine rings is 1. The lowest BCUT2D eigenvalue weighted by Gasteiger charge is -2.32. The molecule has 1 aliphatic rings. The predicted molar refractivity (Wildman–Crippen MR) is 118 cm³/mol. The maximum absolute atomic E-state index is 12.8. The lowest BCUT2D eigenvalue weighted by atomic mass is 9.94. The Labute approximate surface area is 181 Å². The molecular weight excluding hydrogens is 432 g/mol. The maximum atomic E-state index is 12.8. The molecule has 1 saturated heterocycles. The molecule has 0 aliphatic carbocycles. The third kappa shape index (κ3) is 5.73. The Hall–Kier alpha value is -2.05. The van der Waals surface area contributed by atoms with Gasteiger partial charge in [-0.1, -0.05) is 28.1 Å². The number of benzene rings is 2. The van der Waals surface area contributed by atoms with Crippen LogP contribution in [0.15, 0.2) is 46.9 Å². The number of ether oxygens (including phenoxy) is 2. The van der Waals surface area contributed by atoms with Crippen molar-refractivity contribution < 1.29 is 14.3 Å². The quantitative estimate of drug-likeness (QED) is 0.657. The van der Waals surface area contributed by atoms with Crippen molar-refractivity contribution in [3.63, 3.8) is 0 Å². The van der Waals surface area contributed by atoms with Crippen LogP contribution in [0, 0.1) is 5.92 Å². The van der Waals surface area contributed by atoms with Gasteiger partial charge in [0.25, 0.3) is 0 Å². The number of hydrogen-bond acceptors (Lipinski definition) is 4. The topological polar surface area (TPSA) is 50.8 Å². The minimum absolute atomic E-state index is 0.0511. The minimum atomic E-state index is -0.145. The van der Waals surface area contributed by atoms with E-state index in [-0.39, 0.29) is 17.9 Å². The molecule has 1 N–H and O–H groups in total. The summed E-state index contributed by atoms with van der Waals surface area (Å²) in [5.74, 6) is 1.67. The van der Waals surface area contributed by atoms with Gasteiger partial charge in [0.15, 0.2) is 0 Å². The molecule has 0 bridgehead atoms. The molecule has 0 unspecified atom stereocenters. The molecular formula is C23H29BrN2O3. The Balaban J connectivity index is 1.53. The summed E-state index contributed by atoms with van der Waals surface area (Å²) in [6.07, 6.45) is 1.76. The number of hydrogen-bond donors (Lipinski definition) is 1. The van der Waals surface area contributed by atoms with Crippen LogP contribution in [0.5, 0.6) is 11.5 Å². The SMILES string of the molecule is COc1ccc(OC)c([C@@H](C)NC(=O)C2CCN(Cc3ccc(Br)cc3)CC2)c1. The van der Waals surface area contributed by atoms with Crippen molar-refractivity contribution in [3.05, 3.63) is 58.1 Å². The van der Waals surface area contributed by atoms with Gasteiger partial charge in [0.1, 0.15) is 11.5 Å². The molecule has 1 fully saturated rings. The normalized spacial score (nSPS) is 16.3. The zero-order valence-corrected chi connectivity index (χ0v) is 18.9. The van der Waals surface area contributed by atoms with Crippen molar-refractivity contribution in [2.45, 2.75) is 32.4 Å². The summed E-state index contributed by atoms with van der Waals surface area (Å²) in [7, 11) is 3.28. The lowest BCUT2D eigenvalue weighted by Crippen LogP contribution is -2.40. The average Bonchev–Trinajstić information content (AvgIpc) is 2.75. The molecule has 29 heavy (non-hydrogen) atoms. The fraction of sp³-hybridized carbons (Fsp3) is 0.435. The van der Waals surface area contributed by atoms with Gasteiger partial charge in [0.05, 0.1) is 20.3 Å². The Morgan fingerprint density at radius 2 is 1.83 bits per heavy atom. The molecule has 1 amide bonds. The first-order valence-corrected chi connectivity index (χ1v) is 10.8. The van der Waals surface area contributed by atoms with Crippen LogP contribution in [0.2, 0.25) is 0 Å². The highest BCUT2D eigenvalue weighted by molar-refractivity contribution is 9.10. The number of rotatable bonds is 7. The summed E-state index contributed by atoms with van der Waals surface area (Å²) in [4.78, 5) is 15.2. The fourth-order valence-corrected chi connectivity index (χ4v) is 4.05. The largest absolute Gasteiger partial charge is 0.497 e. The van der Waals surface area contributed by atoms with E-state index in [4.69, 9.17) is 9.47 Å². The summed E-state index contributed by atoms with van der Waals surface area (Å²) in [5, 5.41) is 3.16. The number of methoxy groups -OCH3 is 2. The van der Waals surface area contributed by atoms with E-state index in [0.717, 1.165) is 54.0 Å². The molecule has 5 nitrogen and oxygen atoms in total. The minimum Gasteiger partial charge on any atom is -0.497 e. The molecule has 2 aromatic carbocycles. The van der Waals surface area contributed by atoms with Gasteiger partial charge in [0.2, 0.25) is 5.91 Å². The molecule has 0 radical (unpaired) electrons. The van der Waals surface area contributed by atoms with Crippen molar-refractivity contribution in [2.24, 2.45) is 5.92 Å². The Bertz CT molecular complexity index is 817. The van der Waals surface area contributed by atoms with Crippen molar-refractivity contribution in [1.29, 1.82) is 0 Å². The molecule has 3 rings (SSSR count). The number of halogens is 1. The second-order valence-corrected chi connectivity index (χ2v) is 8.43. The highest BCUT2D eigenvalue weighted by Gasteiger charge is 2.26. The van der Waals surface area contributed by atoms with E-state index in [1.54, 1.807) is 14.2 Å². The molecule has 0 aromatic heterocycles. The van der Waals surface area contributed by atoms with Crippen LogP contribution in [-0.4, -0.2) is 38.1 Å². The number of nitrogens with one attached hydrogen (secondary N) is 1. The second kappa shape index (κ2) is 10.1. The van der Waals surface area contributed by atoms with Gasteiger partial charge >= 0.3 is 0 Å². The van der Waals surface area contributed by atoms with Crippen LogP contribution in [0.1, 0.15) is 36.9 Å². The Morgan fingerprint density at radius 3 is 2.45 bits per heavy atom. The fourth-order valence-electron chi connectivity index (χ4n) is 3.79. The van der Waals surface area contributed by atoms with Gasteiger partial charge in [-0.3, -0.25) is 9.69 Å². The third-order valence-electron chi connectivity index (χ3n) is 5.54. The first-order chi connectivity index (χ1) is 14.0. The highest BCUT2D eigenvalue weighted by atomic mass is 79.9. The van der Waals surface area contributed by atoms with Gasteiger partial charge in [-0.15, -0.1) is 0 Å². The van der Waals surface area contributed by atoms with Gasteiger partial charge < -0.3 is 14.8 Å². The van der Waals surface area contributed by atoms with E-state index in [2.05, 4.69) is 50.4 Å². The molecule has 1 aliphatic heterocycles. The van der Waals surface area contributed by atoms with Crippen LogP contribution in [0.4, 0.5) is 0 Å². The summed E-state index contributed by atoms with van der Waals surface area (Å²) >= 11 is 3.47. The monoisotopic (exact) mass is 460 g/mol. The highest BCUT2D eigenvalue weighted by Crippen LogP contribution is 2.30. The number of amides is 1. The van der Waals surface area contributed by atoms with Crippen molar-refractivity contribution in [2.75, 3.05) is 27.3 Å². The third-order valence-corrected chi connectivity index (χ3v) is 6.07. The van der Waals surface area contributed by atoms with Gasteiger partial charge in [-0.25, -0.2) is 0 Å². The summed E-state index contributed by atoms with van der Waals surface area (Å²) in [6.45, 7) is 4.78. The van der Waals surface area contributed by atoms with E-state index in [1.807, 2.05) is 25.1 Å². The Morgan fingerprint density at radius 1 is 1.14 bits per heavy atom. The molecule has 6 heteroatoms. The van der Waals surface area contributed by atoms with Crippen LogP contribution >= 0.6 is 15.9 Å². The van der Waals surface area contributed by atoms with Crippen LogP contribution in [0.25, 0.3) is 0 Å². The van der Waals surface area contributed by atoms with Crippen molar-refractivity contribution >= 4 is 21.8 Å². The summed E-state index contributed by atoms with van der Waals surface area (Å²) in [5.41, 5.74) is 2.22. The molecule has 1 atom stereocenters. The number of nitrogens with zero attached hydrogens (tertiary/aromatic N) is 1. The van der Waals surface area contributed by atoms with Crippen molar-refractivity contribution in [1.82, 2.24) is 10.2 Å². The molecule has 0 spiro atoms. The second-order valence-electron chi connectivity index (χ2n) is 7.52. The van der Waals surface area contributed by atoms with E-state index in [0.29, 0.717) is 0 Å². The number of carbonyl (C=O) groups excluding carboxylic acids is 1. The van der Waals surface area contributed by atoms with Crippen LogP contribution in [-0.2, 0) is 11.3 Å². The molecule has 156 valence electrons. The first kappa shape index (κ1) is 21.7. The Kier molecular flexibility index (Phi) is 7.56. The summed E-state index contributed by atoms with van der Waals surface area (Å²) in [6, 6.07) is 13.9. The van der Waals surface area contributed by atoms with Gasteiger partial charge in [-0.2, -0.15) is 0 Å². The lowest BCUT2D eigenvalue weighted by molar-refractivity contribution is -0.127. The predicted octanol–water partition coefficient (Wildman–Crippen LogP) is 4.56. The summed E-state index contributed by atoms with van der Waals surface area (Å²) < 4.78 is 11.9. The standard InChI is InChI=1S/C23H29BrN2O3/c1-16(21-14-20(28-2)8-9-22(21)29-3)25-23(27)18-10-12-26(13-11-18)15-17-4-6-19(24)7-5-17/h4-9,14,16,18H,10-13,15H2,1-3H3,(H,25,27)/t16-/m1/s1. The number of carbonyl (C=O) groups is 1.